The first kappa shape index (κ1) is 27.7. The second-order valence-electron chi connectivity index (χ2n) is 8.10. The lowest BCUT2D eigenvalue weighted by Gasteiger charge is -2.41. The Hall–Kier alpha value is -2.89. The average molecular weight is 547 g/mol. The van der Waals surface area contributed by atoms with E-state index < -0.39 is 55.3 Å². The van der Waals surface area contributed by atoms with Crippen LogP contribution in [-0.4, -0.2) is 65.5 Å². The second-order valence-corrected chi connectivity index (χ2v) is 8.94. The molecule has 0 aliphatic carbocycles. The molecule has 5 unspecified atom stereocenters. The Morgan fingerprint density at radius 1 is 1.08 bits per heavy atom. The molecule has 1 fully saturated rings. The summed E-state index contributed by atoms with van der Waals surface area (Å²) in [7, 11) is 0. The average Bonchev–Trinajstić information content (AvgIpc) is 3.11. The number of ether oxygens (including phenoxy) is 5. The predicted molar refractivity (Wildman–Crippen MR) is 125 cm³/mol. The smallest absolute Gasteiger partial charge is 0.303 e. The fraction of sp³-hybridized carbons (Fsp3) is 0.478. The lowest BCUT2D eigenvalue weighted by molar-refractivity contribution is -0.275. The van der Waals surface area contributed by atoms with Gasteiger partial charge < -0.3 is 23.7 Å². The van der Waals surface area contributed by atoms with Crippen LogP contribution in [0.3, 0.4) is 0 Å². The van der Waals surface area contributed by atoms with Crippen molar-refractivity contribution in [2.45, 2.75) is 64.9 Å². The van der Waals surface area contributed by atoms with Crippen LogP contribution < -0.4 is 4.74 Å². The van der Waals surface area contributed by atoms with E-state index in [4.69, 9.17) is 46.9 Å². The van der Waals surface area contributed by atoms with E-state index in [-0.39, 0.29) is 12.3 Å². The standard InChI is InChI=1S/C23H25Cl2FN2O8/c1-10-16(7-14-5-6-15(24)8-17(14)25)22(28-27-10)36-23-21(34-13(4)31)20(33-12(3)30)19(26)18(35-23)9-32-11(2)29/h5-6,8,18-21,23H,7,9H2,1-4H3,(H,27,28). The van der Waals surface area contributed by atoms with Crippen LogP contribution in [0.5, 0.6) is 5.88 Å². The number of hydrogen-bond donors (Lipinski definition) is 1. The SMILES string of the molecule is CC(=O)OCC1OC(Oc2n[nH]c(C)c2Cc2ccc(Cl)cc2Cl)C(OC(C)=O)C(OC(C)=O)C1F. The van der Waals surface area contributed by atoms with Gasteiger partial charge in [-0.25, -0.2) is 4.39 Å². The number of alkyl halides is 1. The van der Waals surface area contributed by atoms with Gasteiger partial charge in [-0.2, -0.15) is 0 Å². The zero-order valence-corrected chi connectivity index (χ0v) is 21.4. The van der Waals surface area contributed by atoms with Crippen molar-refractivity contribution in [1.82, 2.24) is 10.2 Å². The number of nitrogens with one attached hydrogen (secondary N) is 1. The van der Waals surface area contributed by atoms with Crippen molar-refractivity contribution in [3.8, 4) is 5.88 Å². The number of hydrogen-bond acceptors (Lipinski definition) is 9. The molecule has 2 heterocycles. The van der Waals surface area contributed by atoms with Gasteiger partial charge in [0.15, 0.2) is 12.3 Å². The summed E-state index contributed by atoms with van der Waals surface area (Å²) in [5.74, 6) is -2.21. The maximum absolute atomic E-state index is 15.3. The van der Waals surface area contributed by atoms with Crippen molar-refractivity contribution in [1.29, 1.82) is 0 Å². The topological polar surface area (TPSA) is 126 Å². The molecule has 1 aromatic heterocycles. The lowest BCUT2D eigenvalue weighted by atomic mass is 9.99. The number of benzene rings is 1. The van der Waals surface area contributed by atoms with E-state index in [1.807, 2.05) is 0 Å². The van der Waals surface area contributed by atoms with Crippen molar-refractivity contribution >= 4 is 41.1 Å². The minimum atomic E-state index is -1.99. The third kappa shape index (κ3) is 6.86. The minimum Gasteiger partial charge on any atom is -0.463 e. The van der Waals surface area contributed by atoms with E-state index in [1.54, 1.807) is 25.1 Å². The van der Waals surface area contributed by atoms with Crippen LogP contribution in [0.2, 0.25) is 10.0 Å². The number of H-pyrrole nitrogens is 1. The van der Waals surface area contributed by atoms with E-state index >= 15 is 4.39 Å². The van der Waals surface area contributed by atoms with Gasteiger partial charge in [0.05, 0.1) is 0 Å². The highest BCUT2D eigenvalue weighted by molar-refractivity contribution is 6.35. The lowest BCUT2D eigenvalue weighted by Crippen LogP contribution is -2.61. The number of carbonyl (C=O) groups is 3. The summed E-state index contributed by atoms with van der Waals surface area (Å²) in [6.45, 7) is 4.60. The minimum absolute atomic E-state index is 0.0609. The van der Waals surface area contributed by atoms with Gasteiger partial charge >= 0.3 is 17.9 Å². The Labute approximate surface area is 216 Å². The summed E-state index contributed by atoms with van der Waals surface area (Å²) in [4.78, 5) is 34.8. The van der Waals surface area contributed by atoms with Gasteiger partial charge in [0.25, 0.3) is 0 Å². The molecular formula is C23H25Cl2FN2O8. The summed E-state index contributed by atoms with van der Waals surface area (Å²) in [6, 6.07) is 5.03. The van der Waals surface area contributed by atoms with Crippen LogP contribution in [0.25, 0.3) is 0 Å². The molecule has 0 amide bonds. The number of halogens is 3. The molecule has 5 atom stereocenters. The van der Waals surface area contributed by atoms with Crippen LogP contribution >= 0.6 is 23.2 Å². The summed E-state index contributed by atoms with van der Waals surface area (Å²) >= 11 is 12.3. The van der Waals surface area contributed by atoms with E-state index in [0.717, 1.165) is 26.3 Å². The van der Waals surface area contributed by atoms with E-state index in [9.17, 15) is 14.4 Å². The highest BCUT2D eigenvalue weighted by Crippen LogP contribution is 2.33. The van der Waals surface area contributed by atoms with Gasteiger partial charge in [0.2, 0.25) is 18.3 Å². The molecule has 13 heteroatoms. The Morgan fingerprint density at radius 3 is 2.36 bits per heavy atom. The van der Waals surface area contributed by atoms with Gasteiger partial charge in [0, 0.05) is 48.5 Å². The zero-order chi connectivity index (χ0) is 26.6. The summed E-state index contributed by atoms with van der Waals surface area (Å²) < 4.78 is 42.2. The first-order valence-electron chi connectivity index (χ1n) is 10.9. The predicted octanol–water partition coefficient (Wildman–Crippen LogP) is 3.48. The molecule has 10 nitrogen and oxygen atoms in total. The van der Waals surface area contributed by atoms with Crippen LogP contribution in [0.1, 0.15) is 37.6 Å². The van der Waals surface area contributed by atoms with E-state index in [0.29, 0.717) is 21.3 Å². The van der Waals surface area contributed by atoms with Crippen molar-refractivity contribution in [3.05, 3.63) is 45.1 Å². The van der Waals surface area contributed by atoms with Crippen LogP contribution in [0.15, 0.2) is 18.2 Å². The Morgan fingerprint density at radius 2 is 1.75 bits per heavy atom. The highest BCUT2D eigenvalue weighted by Gasteiger charge is 2.52. The van der Waals surface area contributed by atoms with Crippen LogP contribution in [0, 0.1) is 6.92 Å². The fourth-order valence-corrected chi connectivity index (χ4v) is 4.11. The van der Waals surface area contributed by atoms with Gasteiger partial charge in [-0.15, -0.1) is 5.10 Å². The Balaban J connectivity index is 1.94. The van der Waals surface area contributed by atoms with Crippen molar-refractivity contribution in [2.75, 3.05) is 6.61 Å². The summed E-state index contributed by atoms with van der Waals surface area (Å²) in [5, 5.41) is 7.85. The van der Waals surface area contributed by atoms with Crippen molar-refractivity contribution < 1.29 is 42.5 Å². The molecule has 196 valence electrons. The van der Waals surface area contributed by atoms with Gasteiger partial charge in [-0.1, -0.05) is 29.3 Å². The number of carbonyl (C=O) groups excluding carboxylic acids is 3. The molecular weight excluding hydrogens is 522 g/mol. The number of aryl methyl sites for hydroxylation is 1. The monoisotopic (exact) mass is 546 g/mol. The van der Waals surface area contributed by atoms with Gasteiger partial charge in [-0.05, 0) is 24.6 Å². The fourth-order valence-electron chi connectivity index (χ4n) is 3.64. The maximum Gasteiger partial charge on any atom is 0.303 e. The first-order valence-corrected chi connectivity index (χ1v) is 11.6. The third-order valence-corrected chi connectivity index (χ3v) is 5.86. The molecule has 0 radical (unpaired) electrons. The molecule has 36 heavy (non-hydrogen) atoms. The molecule has 0 saturated carbocycles. The Bertz CT molecular complexity index is 1130. The molecule has 0 spiro atoms. The van der Waals surface area contributed by atoms with Gasteiger partial charge in [-0.3, -0.25) is 19.5 Å². The van der Waals surface area contributed by atoms with Gasteiger partial charge in [0.1, 0.15) is 12.7 Å². The maximum atomic E-state index is 15.3. The van der Waals surface area contributed by atoms with E-state index in [1.165, 1.54) is 0 Å². The molecule has 3 rings (SSSR count). The van der Waals surface area contributed by atoms with Crippen LogP contribution in [0.4, 0.5) is 4.39 Å². The molecule has 1 saturated heterocycles. The second kappa shape index (κ2) is 11.9. The van der Waals surface area contributed by atoms with Crippen LogP contribution in [-0.2, 0) is 39.8 Å². The quantitative estimate of drug-likeness (QED) is 0.391. The summed E-state index contributed by atoms with van der Waals surface area (Å²) in [5.41, 5.74) is 1.96. The zero-order valence-electron chi connectivity index (χ0n) is 19.9. The number of esters is 3. The molecule has 2 aromatic rings. The number of aromatic nitrogens is 2. The third-order valence-electron chi connectivity index (χ3n) is 5.27. The van der Waals surface area contributed by atoms with Crippen molar-refractivity contribution in [2.24, 2.45) is 0 Å². The normalized spacial score (nSPS) is 23.6. The molecule has 1 N–H and O–H groups in total. The first-order chi connectivity index (χ1) is 17.0. The number of aromatic amines is 1. The largest absolute Gasteiger partial charge is 0.463 e. The molecule has 0 bridgehead atoms. The molecule has 1 aliphatic rings. The Kier molecular flexibility index (Phi) is 9.15. The summed E-state index contributed by atoms with van der Waals surface area (Å²) in [6.07, 6.45) is -7.64. The molecule has 1 aromatic carbocycles. The van der Waals surface area contributed by atoms with Crippen molar-refractivity contribution in [3.63, 3.8) is 0 Å². The number of nitrogens with zero attached hydrogens (tertiary/aromatic N) is 1. The van der Waals surface area contributed by atoms with E-state index in [2.05, 4.69) is 10.2 Å². The molecule has 1 aliphatic heterocycles. The number of rotatable bonds is 8. The highest BCUT2D eigenvalue weighted by atomic mass is 35.5.